The number of ether oxygens (including phenoxy) is 2. The van der Waals surface area contributed by atoms with Crippen LogP contribution in [-0.2, 0) is 16.0 Å². The van der Waals surface area contributed by atoms with Crippen molar-refractivity contribution in [2.75, 3.05) is 33.4 Å². The third-order valence-electron chi connectivity index (χ3n) is 5.42. The molecule has 158 valence electrons. The number of halogens is 2. The minimum absolute atomic E-state index is 0. The maximum absolute atomic E-state index is 13.4. The van der Waals surface area contributed by atoms with Crippen LogP contribution in [0.1, 0.15) is 43.2 Å². The molecule has 1 atom stereocenters. The summed E-state index contributed by atoms with van der Waals surface area (Å²) in [5, 5.41) is 3.39. The number of aryl methyl sites for hydroxylation is 1. The van der Waals surface area contributed by atoms with Crippen LogP contribution < -0.4 is 5.32 Å². The van der Waals surface area contributed by atoms with Gasteiger partial charge in [-0.25, -0.2) is 4.39 Å². The van der Waals surface area contributed by atoms with E-state index in [1.807, 2.05) is 12.1 Å². The van der Waals surface area contributed by atoms with Crippen molar-refractivity contribution in [1.82, 2.24) is 10.2 Å². The van der Waals surface area contributed by atoms with Crippen molar-refractivity contribution < 1.29 is 13.9 Å². The zero-order valence-electron chi connectivity index (χ0n) is 17.0. The van der Waals surface area contributed by atoms with E-state index in [9.17, 15) is 4.39 Å². The first-order valence-corrected chi connectivity index (χ1v) is 10.1. The Balaban J connectivity index is 0.00000280. The second-order valence-corrected chi connectivity index (χ2v) is 7.49. The van der Waals surface area contributed by atoms with Crippen molar-refractivity contribution in [2.45, 2.75) is 57.8 Å². The highest BCUT2D eigenvalue weighted by molar-refractivity contribution is 14.0. The van der Waals surface area contributed by atoms with Crippen molar-refractivity contribution in [3.63, 3.8) is 0 Å². The SMILES string of the molecule is CN=C(NCc1ccc(F)c(C)c1)N1CCC(OCC2CCCCO2)CC1.I. The zero-order valence-corrected chi connectivity index (χ0v) is 19.3. The van der Waals surface area contributed by atoms with Crippen molar-refractivity contribution >= 4 is 29.9 Å². The number of guanidine groups is 1. The summed E-state index contributed by atoms with van der Waals surface area (Å²) in [6.45, 7) is 5.89. The van der Waals surface area contributed by atoms with Gasteiger partial charge in [0.1, 0.15) is 5.82 Å². The van der Waals surface area contributed by atoms with Crippen LogP contribution in [0.3, 0.4) is 0 Å². The summed E-state index contributed by atoms with van der Waals surface area (Å²) >= 11 is 0. The normalized spacial score (nSPS) is 21.3. The van der Waals surface area contributed by atoms with Gasteiger partial charge in [0.25, 0.3) is 0 Å². The zero-order chi connectivity index (χ0) is 19.1. The smallest absolute Gasteiger partial charge is 0.193 e. The fraction of sp³-hybridized carbons (Fsp3) is 0.667. The van der Waals surface area contributed by atoms with E-state index in [0.29, 0.717) is 18.2 Å². The minimum Gasteiger partial charge on any atom is -0.376 e. The molecule has 0 aromatic heterocycles. The molecular weight excluding hydrogens is 472 g/mol. The van der Waals surface area contributed by atoms with E-state index < -0.39 is 0 Å². The second kappa shape index (κ2) is 11.9. The second-order valence-electron chi connectivity index (χ2n) is 7.49. The fourth-order valence-electron chi connectivity index (χ4n) is 3.75. The Morgan fingerprint density at radius 1 is 1.29 bits per heavy atom. The Hall–Kier alpha value is -0.930. The molecule has 0 saturated carbocycles. The lowest BCUT2D eigenvalue weighted by Crippen LogP contribution is -2.47. The van der Waals surface area contributed by atoms with Crippen LogP contribution in [0.5, 0.6) is 0 Å². The molecule has 0 bridgehead atoms. The van der Waals surface area contributed by atoms with Gasteiger partial charge in [0.2, 0.25) is 0 Å². The lowest BCUT2D eigenvalue weighted by Gasteiger charge is -2.35. The monoisotopic (exact) mass is 505 g/mol. The summed E-state index contributed by atoms with van der Waals surface area (Å²) < 4.78 is 25.2. The lowest BCUT2D eigenvalue weighted by molar-refractivity contribution is -0.0721. The summed E-state index contributed by atoms with van der Waals surface area (Å²) in [6.07, 6.45) is 6.15. The Morgan fingerprint density at radius 2 is 2.07 bits per heavy atom. The number of aliphatic imine (C=N–C) groups is 1. The highest BCUT2D eigenvalue weighted by Crippen LogP contribution is 2.18. The number of piperidine rings is 1. The summed E-state index contributed by atoms with van der Waals surface area (Å²) in [7, 11) is 1.81. The van der Waals surface area contributed by atoms with Gasteiger partial charge in [0.05, 0.1) is 18.8 Å². The molecular formula is C21H33FIN3O2. The number of hydrogen-bond donors (Lipinski definition) is 1. The fourth-order valence-corrected chi connectivity index (χ4v) is 3.75. The molecule has 1 unspecified atom stereocenters. The molecule has 3 rings (SSSR count). The van der Waals surface area contributed by atoms with E-state index in [4.69, 9.17) is 9.47 Å². The van der Waals surface area contributed by atoms with Crippen LogP contribution in [0, 0.1) is 12.7 Å². The van der Waals surface area contributed by atoms with E-state index in [-0.39, 0.29) is 35.9 Å². The van der Waals surface area contributed by atoms with Gasteiger partial charge in [0.15, 0.2) is 5.96 Å². The molecule has 2 saturated heterocycles. The van der Waals surface area contributed by atoms with E-state index in [2.05, 4.69) is 15.2 Å². The summed E-state index contributed by atoms with van der Waals surface area (Å²) in [6, 6.07) is 5.22. The largest absolute Gasteiger partial charge is 0.376 e. The molecule has 5 nitrogen and oxygen atoms in total. The van der Waals surface area contributed by atoms with Crippen LogP contribution in [0.2, 0.25) is 0 Å². The van der Waals surface area contributed by atoms with Crippen molar-refractivity contribution in [3.05, 3.63) is 35.1 Å². The molecule has 28 heavy (non-hydrogen) atoms. The molecule has 0 radical (unpaired) electrons. The van der Waals surface area contributed by atoms with Crippen LogP contribution in [0.4, 0.5) is 4.39 Å². The number of nitrogens with one attached hydrogen (secondary N) is 1. The number of nitrogens with zero attached hydrogens (tertiary/aromatic N) is 2. The van der Waals surface area contributed by atoms with Crippen molar-refractivity contribution in [3.8, 4) is 0 Å². The van der Waals surface area contributed by atoms with Gasteiger partial charge < -0.3 is 19.7 Å². The molecule has 2 fully saturated rings. The van der Waals surface area contributed by atoms with Crippen LogP contribution >= 0.6 is 24.0 Å². The molecule has 1 N–H and O–H groups in total. The molecule has 2 aliphatic heterocycles. The van der Waals surface area contributed by atoms with Gasteiger partial charge in [0, 0.05) is 33.3 Å². The van der Waals surface area contributed by atoms with Crippen molar-refractivity contribution in [2.24, 2.45) is 4.99 Å². The summed E-state index contributed by atoms with van der Waals surface area (Å²) in [5.41, 5.74) is 1.73. The number of rotatable bonds is 5. The first-order chi connectivity index (χ1) is 13.2. The molecule has 7 heteroatoms. The van der Waals surface area contributed by atoms with E-state index >= 15 is 0 Å². The van der Waals surface area contributed by atoms with Gasteiger partial charge in [-0.1, -0.05) is 12.1 Å². The topological polar surface area (TPSA) is 46.1 Å². The van der Waals surface area contributed by atoms with E-state index in [1.54, 1.807) is 14.0 Å². The molecule has 2 aliphatic rings. The lowest BCUT2D eigenvalue weighted by atomic mass is 10.1. The van der Waals surface area contributed by atoms with Gasteiger partial charge >= 0.3 is 0 Å². The predicted octanol–water partition coefficient (Wildman–Crippen LogP) is 3.88. The highest BCUT2D eigenvalue weighted by atomic mass is 127. The standard InChI is InChI=1S/C21H32FN3O2.HI/c1-16-13-17(6-7-20(16)22)14-24-21(23-2)25-10-8-18(9-11-25)27-15-19-5-3-4-12-26-19;/h6-7,13,18-19H,3-5,8-12,14-15H2,1-2H3,(H,23,24);1H. The quantitative estimate of drug-likeness (QED) is 0.375. The third kappa shape index (κ3) is 6.84. The molecule has 1 aromatic carbocycles. The Morgan fingerprint density at radius 3 is 2.71 bits per heavy atom. The highest BCUT2D eigenvalue weighted by Gasteiger charge is 2.23. The first kappa shape index (κ1) is 23.3. The Bertz CT molecular complexity index is 630. The van der Waals surface area contributed by atoms with Gasteiger partial charge in [-0.3, -0.25) is 4.99 Å². The number of likely N-dealkylation sites (tertiary alicyclic amines) is 1. The molecule has 0 amide bonds. The maximum atomic E-state index is 13.4. The average Bonchev–Trinajstić information content (AvgIpc) is 2.71. The minimum atomic E-state index is -0.163. The number of hydrogen-bond acceptors (Lipinski definition) is 3. The molecule has 0 aliphatic carbocycles. The van der Waals surface area contributed by atoms with Crippen LogP contribution in [-0.4, -0.2) is 56.4 Å². The molecule has 1 aromatic rings. The Labute approximate surface area is 185 Å². The van der Waals surface area contributed by atoms with Crippen LogP contribution in [0.25, 0.3) is 0 Å². The third-order valence-corrected chi connectivity index (χ3v) is 5.42. The van der Waals surface area contributed by atoms with Gasteiger partial charge in [-0.15, -0.1) is 24.0 Å². The van der Waals surface area contributed by atoms with Gasteiger partial charge in [-0.2, -0.15) is 0 Å². The summed E-state index contributed by atoms with van der Waals surface area (Å²) in [5.74, 6) is 0.731. The predicted molar refractivity (Wildman–Crippen MR) is 121 cm³/mol. The van der Waals surface area contributed by atoms with Gasteiger partial charge in [-0.05, 0) is 56.2 Å². The Kier molecular flexibility index (Phi) is 9.94. The van der Waals surface area contributed by atoms with E-state index in [0.717, 1.165) is 57.1 Å². The summed E-state index contributed by atoms with van der Waals surface area (Å²) in [4.78, 5) is 6.68. The maximum Gasteiger partial charge on any atom is 0.193 e. The number of benzene rings is 1. The van der Waals surface area contributed by atoms with Crippen molar-refractivity contribution in [1.29, 1.82) is 0 Å². The molecule has 0 spiro atoms. The van der Waals surface area contributed by atoms with E-state index in [1.165, 1.54) is 18.9 Å². The molecule has 2 heterocycles. The van der Waals surface area contributed by atoms with Crippen LogP contribution in [0.15, 0.2) is 23.2 Å². The average molecular weight is 505 g/mol. The first-order valence-electron chi connectivity index (χ1n) is 10.1.